The first-order valence-electron chi connectivity index (χ1n) is 4.33. The van der Waals surface area contributed by atoms with Gasteiger partial charge in [0.1, 0.15) is 11.6 Å². The molecule has 1 rings (SSSR count). The molecule has 0 aliphatic carbocycles. The third-order valence-corrected chi connectivity index (χ3v) is 2.87. The standard InChI is InChI=1S/C10H13F2NS/c1-6(5-13)8-3-7(11)4-9(14-2)10(8)12/h3-4,6H,5,13H2,1-2H3. The van der Waals surface area contributed by atoms with Gasteiger partial charge in [-0.15, -0.1) is 11.8 Å². The molecular weight excluding hydrogens is 204 g/mol. The average Bonchev–Trinajstić information content (AvgIpc) is 2.19. The second-order valence-corrected chi connectivity index (χ2v) is 4.00. The number of hydrogen-bond acceptors (Lipinski definition) is 2. The van der Waals surface area contributed by atoms with Gasteiger partial charge < -0.3 is 5.73 Å². The first kappa shape index (κ1) is 11.5. The van der Waals surface area contributed by atoms with Crippen molar-refractivity contribution in [3.8, 4) is 0 Å². The van der Waals surface area contributed by atoms with Crippen LogP contribution in [-0.4, -0.2) is 12.8 Å². The molecule has 0 bridgehead atoms. The van der Waals surface area contributed by atoms with Crippen molar-refractivity contribution in [1.29, 1.82) is 0 Å². The molecule has 0 spiro atoms. The third kappa shape index (κ3) is 2.25. The van der Waals surface area contributed by atoms with Gasteiger partial charge in [0.15, 0.2) is 0 Å². The molecule has 1 aromatic carbocycles. The molecule has 0 aliphatic heterocycles. The Morgan fingerprint density at radius 1 is 1.43 bits per heavy atom. The van der Waals surface area contributed by atoms with E-state index in [4.69, 9.17) is 5.73 Å². The highest BCUT2D eigenvalue weighted by Gasteiger charge is 2.14. The van der Waals surface area contributed by atoms with Crippen LogP contribution in [0.1, 0.15) is 18.4 Å². The number of hydrogen-bond donors (Lipinski definition) is 1. The lowest BCUT2D eigenvalue weighted by Gasteiger charge is -2.12. The van der Waals surface area contributed by atoms with E-state index in [1.165, 1.54) is 23.9 Å². The number of rotatable bonds is 3. The zero-order chi connectivity index (χ0) is 10.7. The summed E-state index contributed by atoms with van der Waals surface area (Å²) in [4.78, 5) is 0.334. The SMILES string of the molecule is CSc1cc(F)cc(C(C)CN)c1F. The maximum atomic E-state index is 13.6. The molecule has 2 N–H and O–H groups in total. The van der Waals surface area contributed by atoms with Crippen LogP contribution in [0.5, 0.6) is 0 Å². The van der Waals surface area contributed by atoms with Crippen molar-refractivity contribution >= 4 is 11.8 Å². The number of nitrogens with two attached hydrogens (primary N) is 1. The topological polar surface area (TPSA) is 26.0 Å². The number of thioether (sulfide) groups is 1. The van der Waals surface area contributed by atoms with Gasteiger partial charge in [0, 0.05) is 4.90 Å². The monoisotopic (exact) mass is 217 g/mol. The Bertz CT molecular complexity index is 328. The molecule has 1 nitrogen and oxygen atoms in total. The molecule has 0 saturated carbocycles. The molecule has 0 aliphatic rings. The van der Waals surface area contributed by atoms with Crippen LogP contribution >= 0.6 is 11.8 Å². The Morgan fingerprint density at radius 2 is 2.07 bits per heavy atom. The first-order chi connectivity index (χ1) is 6.60. The highest BCUT2D eigenvalue weighted by Crippen LogP contribution is 2.27. The molecule has 0 saturated heterocycles. The lowest BCUT2D eigenvalue weighted by atomic mass is 10.0. The van der Waals surface area contributed by atoms with Crippen molar-refractivity contribution in [1.82, 2.24) is 0 Å². The Balaban J connectivity index is 3.21. The summed E-state index contributed by atoms with van der Waals surface area (Å²) in [6.07, 6.45) is 1.72. The zero-order valence-electron chi connectivity index (χ0n) is 8.18. The van der Waals surface area contributed by atoms with Gasteiger partial charge in [-0.05, 0) is 36.4 Å². The summed E-state index contributed by atoms with van der Waals surface area (Å²) in [5.74, 6) is -0.917. The molecule has 1 unspecified atom stereocenters. The Hall–Kier alpha value is -0.610. The van der Waals surface area contributed by atoms with Crippen LogP contribution in [-0.2, 0) is 0 Å². The highest BCUT2D eigenvalue weighted by atomic mass is 32.2. The van der Waals surface area contributed by atoms with E-state index in [1.807, 2.05) is 0 Å². The van der Waals surface area contributed by atoms with Crippen LogP contribution in [0, 0.1) is 11.6 Å². The molecule has 0 aromatic heterocycles. The van der Waals surface area contributed by atoms with Gasteiger partial charge in [0.2, 0.25) is 0 Å². The highest BCUT2D eigenvalue weighted by molar-refractivity contribution is 7.98. The summed E-state index contributed by atoms with van der Waals surface area (Å²) in [5.41, 5.74) is 5.78. The molecular formula is C10H13F2NS. The van der Waals surface area contributed by atoms with E-state index in [9.17, 15) is 8.78 Å². The summed E-state index contributed by atoms with van der Waals surface area (Å²) in [7, 11) is 0. The average molecular weight is 217 g/mol. The fourth-order valence-corrected chi connectivity index (χ4v) is 1.75. The van der Waals surface area contributed by atoms with E-state index in [0.717, 1.165) is 0 Å². The Morgan fingerprint density at radius 3 is 2.57 bits per heavy atom. The molecule has 4 heteroatoms. The fourth-order valence-electron chi connectivity index (χ4n) is 1.22. The molecule has 0 radical (unpaired) electrons. The van der Waals surface area contributed by atoms with Crippen molar-refractivity contribution in [3.63, 3.8) is 0 Å². The smallest absolute Gasteiger partial charge is 0.140 e. The van der Waals surface area contributed by atoms with E-state index in [0.29, 0.717) is 17.0 Å². The van der Waals surface area contributed by atoms with E-state index >= 15 is 0 Å². The Labute approximate surface area is 86.7 Å². The quantitative estimate of drug-likeness (QED) is 0.788. The van der Waals surface area contributed by atoms with Gasteiger partial charge in [-0.25, -0.2) is 8.78 Å². The maximum absolute atomic E-state index is 13.6. The molecule has 1 aromatic rings. The second kappa shape index (κ2) is 4.75. The van der Waals surface area contributed by atoms with Crippen LogP contribution < -0.4 is 5.73 Å². The van der Waals surface area contributed by atoms with Crippen LogP contribution in [0.2, 0.25) is 0 Å². The molecule has 0 heterocycles. The van der Waals surface area contributed by atoms with E-state index in [1.54, 1.807) is 13.2 Å². The maximum Gasteiger partial charge on any atom is 0.140 e. The molecule has 14 heavy (non-hydrogen) atoms. The summed E-state index contributed by atoms with van der Waals surface area (Å²) < 4.78 is 26.7. The summed E-state index contributed by atoms with van der Waals surface area (Å²) in [6.45, 7) is 2.09. The second-order valence-electron chi connectivity index (χ2n) is 3.15. The Kier molecular flexibility index (Phi) is 3.89. The summed E-state index contributed by atoms with van der Waals surface area (Å²) in [6, 6.07) is 2.42. The van der Waals surface area contributed by atoms with E-state index in [-0.39, 0.29) is 11.7 Å². The van der Waals surface area contributed by atoms with Crippen LogP contribution in [0.25, 0.3) is 0 Å². The minimum atomic E-state index is -0.411. The van der Waals surface area contributed by atoms with Crippen LogP contribution in [0.4, 0.5) is 8.78 Å². The van der Waals surface area contributed by atoms with Gasteiger partial charge in [0.05, 0.1) is 0 Å². The van der Waals surface area contributed by atoms with Crippen molar-refractivity contribution < 1.29 is 8.78 Å². The number of halogens is 2. The minimum Gasteiger partial charge on any atom is -0.330 e. The largest absolute Gasteiger partial charge is 0.330 e. The van der Waals surface area contributed by atoms with Gasteiger partial charge in [-0.3, -0.25) is 0 Å². The minimum absolute atomic E-state index is 0.156. The van der Waals surface area contributed by atoms with Crippen LogP contribution in [0.3, 0.4) is 0 Å². The first-order valence-corrected chi connectivity index (χ1v) is 5.55. The predicted molar refractivity (Wildman–Crippen MR) is 55.6 cm³/mol. The van der Waals surface area contributed by atoms with Crippen molar-refractivity contribution in [2.24, 2.45) is 5.73 Å². The lowest BCUT2D eigenvalue weighted by molar-refractivity contribution is 0.547. The summed E-state index contributed by atoms with van der Waals surface area (Å²) in [5, 5.41) is 0. The fraction of sp³-hybridized carbons (Fsp3) is 0.400. The van der Waals surface area contributed by atoms with E-state index < -0.39 is 5.82 Å². The van der Waals surface area contributed by atoms with Crippen molar-refractivity contribution in [2.45, 2.75) is 17.7 Å². The molecule has 0 amide bonds. The van der Waals surface area contributed by atoms with E-state index in [2.05, 4.69) is 0 Å². The molecule has 0 fully saturated rings. The predicted octanol–water partition coefficient (Wildman–Crippen LogP) is 2.75. The van der Waals surface area contributed by atoms with Gasteiger partial charge in [-0.2, -0.15) is 0 Å². The number of benzene rings is 1. The summed E-state index contributed by atoms with van der Waals surface area (Å²) >= 11 is 1.20. The zero-order valence-corrected chi connectivity index (χ0v) is 9.00. The van der Waals surface area contributed by atoms with Crippen LogP contribution in [0.15, 0.2) is 17.0 Å². The lowest BCUT2D eigenvalue weighted by Crippen LogP contribution is -2.11. The van der Waals surface area contributed by atoms with Gasteiger partial charge >= 0.3 is 0 Å². The van der Waals surface area contributed by atoms with Gasteiger partial charge in [-0.1, -0.05) is 6.92 Å². The normalized spacial score (nSPS) is 12.9. The third-order valence-electron chi connectivity index (χ3n) is 2.14. The molecule has 1 atom stereocenters. The van der Waals surface area contributed by atoms with Crippen molar-refractivity contribution in [3.05, 3.63) is 29.3 Å². The van der Waals surface area contributed by atoms with Crippen molar-refractivity contribution in [2.75, 3.05) is 12.8 Å². The molecule has 78 valence electrons. The van der Waals surface area contributed by atoms with Gasteiger partial charge in [0.25, 0.3) is 0 Å².